The van der Waals surface area contributed by atoms with Crippen molar-refractivity contribution in [1.82, 2.24) is 4.72 Å². The first-order chi connectivity index (χ1) is 9.77. The van der Waals surface area contributed by atoms with E-state index in [9.17, 15) is 8.42 Å². The number of sulfonamides is 1. The van der Waals surface area contributed by atoms with Gasteiger partial charge in [0.2, 0.25) is 10.0 Å². The van der Waals surface area contributed by atoms with Crippen molar-refractivity contribution in [2.24, 2.45) is 0 Å². The van der Waals surface area contributed by atoms with Gasteiger partial charge in [-0.3, -0.25) is 0 Å². The second kappa shape index (κ2) is 7.63. The molecule has 0 saturated carbocycles. The van der Waals surface area contributed by atoms with E-state index in [2.05, 4.69) is 4.72 Å². The number of anilines is 2. The highest BCUT2D eigenvalue weighted by Crippen LogP contribution is 2.25. The molecule has 0 atom stereocenters. The van der Waals surface area contributed by atoms with Crippen LogP contribution in [0.15, 0.2) is 23.1 Å². The lowest BCUT2D eigenvalue weighted by molar-refractivity contribution is 0.0846. The van der Waals surface area contributed by atoms with Crippen LogP contribution in [-0.4, -0.2) is 41.3 Å². The molecule has 1 aromatic carbocycles. The van der Waals surface area contributed by atoms with E-state index in [-0.39, 0.29) is 11.0 Å². The van der Waals surface area contributed by atoms with Gasteiger partial charge in [-0.25, -0.2) is 13.1 Å². The Morgan fingerprint density at radius 3 is 2.62 bits per heavy atom. The summed E-state index contributed by atoms with van der Waals surface area (Å²) < 4.78 is 32.0. The molecule has 0 unspecified atom stereocenters. The van der Waals surface area contributed by atoms with Crippen molar-refractivity contribution in [2.75, 3.05) is 37.4 Å². The average Bonchev–Trinajstić information content (AvgIpc) is 2.38. The Hall–Kier alpha value is -1.31. The molecule has 1 rings (SSSR count). The molecule has 1 aromatic rings. The molecule has 7 heteroatoms. The normalized spacial score (nSPS) is 11.9. The Bertz CT molecular complexity index is 559. The number of hydrogen-bond acceptors (Lipinski definition) is 5. The van der Waals surface area contributed by atoms with Crippen LogP contribution in [0.4, 0.5) is 11.4 Å². The van der Waals surface area contributed by atoms with Crippen LogP contribution < -0.4 is 15.4 Å². The molecule has 0 aliphatic carbocycles. The summed E-state index contributed by atoms with van der Waals surface area (Å²) in [5.41, 5.74) is 7.16. The fourth-order valence-electron chi connectivity index (χ4n) is 1.84. The highest BCUT2D eigenvalue weighted by atomic mass is 32.2. The van der Waals surface area contributed by atoms with Gasteiger partial charge in [-0.15, -0.1) is 0 Å². The fraction of sp³-hybridized carbons (Fsp3) is 0.571. The topological polar surface area (TPSA) is 84.7 Å². The predicted octanol–water partition coefficient (Wildman–Crippen LogP) is 1.43. The zero-order valence-electron chi connectivity index (χ0n) is 13.1. The van der Waals surface area contributed by atoms with E-state index in [0.717, 1.165) is 0 Å². The monoisotopic (exact) mass is 315 g/mol. The average molecular weight is 315 g/mol. The zero-order chi connectivity index (χ0) is 16.0. The molecule has 0 heterocycles. The number of rotatable bonds is 8. The number of nitrogens with two attached hydrogens (primary N) is 1. The molecule has 0 fully saturated rings. The van der Waals surface area contributed by atoms with Crippen LogP contribution in [0.3, 0.4) is 0 Å². The summed E-state index contributed by atoms with van der Waals surface area (Å²) in [5, 5.41) is 0. The van der Waals surface area contributed by atoms with Crippen molar-refractivity contribution >= 4 is 21.4 Å². The lowest BCUT2D eigenvalue weighted by Gasteiger charge is -2.22. The maximum absolute atomic E-state index is 12.0. The van der Waals surface area contributed by atoms with E-state index in [0.29, 0.717) is 31.1 Å². The highest BCUT2D eigenvalue weighted by molar-refractivity contribution is 7.89. The van der Waals surface area contributed by atoms with E-state index in [1.807, 2.05) is 25.8 Å². The minimum atomic E-state index is -3.48. The minimum absolute atomic E-state index is 0.163. The first-order valence-corrected chi connectivity index (χ1v) is 8.48. The molecule has 0 aromatic heterocycles. The van der Waals surface area contributed by atoms with Crippen LogP contribution in [0.25, 0.3) is 0 Å². The van der Waals surface area contributed by atoms with Crippen LogP contribution in [0.1, 0.15) is 20.8 Å². The van der Waals surface area contributed by atoms with E-state index in [1.165, 1.54) is 6.07 Å². The standard InChI is InChI=1S/C14H25N3O3S/c1-5-16-21(18,19)12-6-7-13(15)14(10-12)17(4)8-9-20-11(2)3/h6-7,10-11,16H,5,8-9,15H2,1-4H3. The minimum Gasteiger partial charge on any atom is -0.397 e. The Kier molecular flexibility index (Phi) is 6.44. The number of nitrogens with one attached hydrogen (secondary N) is 1. The summed E-state index contributed by atoms with van der Waals surface area (Å²) >= 11 is 0. The van der Waals surface area contributed by atoms with Gasteiger partial charge < -0.3 is 15.4 Å². The predicted molar refractivity (Wildman–Crippen MR) is 86.1 cm³/mol. The summed E-state index contributed by atoms with van der Waals surface area (Å²) in [4.78, 5) is 2.10. The van der Waals surface area contributed by atoms with Crippen molar-refractivity contribution < 1.29 is 13.2 Å². The van der Waals surface area contributed by atoms with Crippen molar-refractivity contribution in [3.05, 3.63) is 18.2 Å². The van der Waals surface area contributed by atoms with Gasteiger partial charge in [0, 0.05) is 20.1 Å². The number of benzene rings is 1. The Labute approximate surface area is 127 Å². The zero-order valence-corrected chi connectivity index (χ0v) is 13.9. The summed E-state index contributed by atoms with van der Waals surface area (Å²) in [6, 6.07) is 4.71. The third-order valence-corrected chi connectivity index (χ3v) is 4.48. The van der Waals surface area contributed by atoms with Crippen molar-refractivity contribution in [3.8, 4) is 0 Å². The summed E-state index contributed by atoms with van der Waals surface area (Å²) in [7, 11) is -1.62. The Morgan fingerprint density at radius 1 is 1.38 bits per heavy atom. The van der Waals surface area contributed by atoms with Crippen LogP contribution in [0.2, 0.25) is 0 Å². The van der Waals surface area contributed by atoms with Crippen LogP contribution in [-0.2, 0) is 14.8 Å². The van der Waals surface area contributed by atoms with Crippen LogP contribution >= 0.6 is 0 Å². The van der Waals surface area contributed by atoms with Crippen molar-refractivity contribution in [3.63, 3.8) is 0 Å². The molecule has 0 aliphatic heterocycles. The van der Waals surface area contributed by atoms with Crippen LogP contribution in [0, 0.1) is 0 Å². The van der Waals surface area contributed by atoms with E-state index in [4.69, 9.17) is 10.5 Å². The summed E-state index contributed by atoms with van der Waals surface area (Å²) in [5.74, 6) is 0. The molecule has 0 saturated heterocycles. The SMILES string of the molecule is CCNS(=O)(=O)c1ccc(N)c(N(C)CCOC(C)C)c1. The third-order valence-electron chi connectivity index (χ3n) is 2.94. The fourth-order valence-corrected chi connectivity index (χ4v) is 2.90. The second-order valence-corrected chi connectivity index (χ2v) is 6.83. The van der Waals surface area contributed by atoms with Gasteiger partial charge in [0.25, 0.3) is 0 Å². The summed E-state index contributed by atoms with van der Waals surface area (Å²) in [6.07, 6.45) is 0.163. The van der Waals surface area contributed by atoms with Gasteiger partial charge in [0.15, 0.2) is 0 Å². The van der Waals surface area contributed by atoms with Gasteiger partial charge in [-0.1, -0.05) is 6.92 Å². The van der Waals surface area contributed by atoms with Crippen molar-refractivity contribution in [2.45, 2.75) is 31.8 Å². The first kappa shape index (κ1) is 17.7. The van der Waals surface area contributed by atoms with Gasteiger partial charge in [0.1, 0.15) is 0 Å². The quantitative estimate of drug-likeness (QED) is 0.709. The smallest absolute Gasteiger partial charge is 0.240 e. The number of nitrogen functional groups attached to an aromatic ring is 1. The largest absolute Gasteiger partial charge is 0.397 e. The second-order valence-electron chi connectivity index (χ2n) is 5.06. The molecule has 0 spiro atoms. The maximum atomic E-state index is 12.0. The summed E-state index contributed by atoms with van der Waals surface area (Å²) in [6.45, 7) is 7.21. The molecular weight excluding hydrogens is 290 g/mol. The third kappa shape index (κ3) is 5.18. The van der Waals surface area contributed by atoms with Gasteiger partial charge in [-0.05, 0) is 32.0 Å². The highest BCUT2D eigenvalue weighted by Gasteiger charge is 2.16. The molecular formula is C14H25N3O3S. The molecule has 0 amide bonds. The van der Waals surface area contributed by atoms with E-state index in [1.54, 1.807) is 19.1 Å². The number of nitrogens with zero attached hydrogens (tertiary/aromatic N) is 1. The van der Waals surface area contributed by atoms with Crippen LogP contribution in [0.5, 0.6) is 0 Å². The molecule has 6 nitrogen and oxygen atoms in total. The lowest BCUT2D eigenvalue weighted by atomic mass is 10.2. The number of ether oxygens (including phenoxy) is 1. The number of likely N-dealkylation sites (N-methyl/N-ethyl adjacent to an activating group) is 1. The van der Waals surface area contributed by atoms with E-state index < -0.39 is 10.0 Å². The molecule has 120 valence electrons. The molecule has 21 heavy (non-hydrogen) atoms. The first-order valence-electron chi connectivity index (χ1n) is 7.00. The molecule has 0 radical (unpaired) electrons. The maximum Gasteiger partial charge on any atom is 0.240 e. The Morgan fingerprint density at radius 2 is 2.05 bits per heavy atom. The molecule has 0 aliphatic rings. The van der Waals surface area contributed by atoms with E-state index >= 15 is 0 Å². The molecule has 0 bridgehead atoms. The van der Waals surface area contributed by atoms with Gasteiger partial charge >= 0.3 is 0 Å². The Balaban J connectivity index is 2.92. The molecule has 3 N–H and O–H groups in total. The number of hydrogen-bond donors (Lipinski definition) is 2. The van der Waals surface area contributed by atoms with Gasteiger partial charge in [0.05, 0.1) is 29.0 Å². The lowest BCUT2D eigenvalue weighted by Crippen LogP contribution is -2.26. The van der Waals surface area contributed by atoms with Gasteiger partial charge in [-0.2, -0.15) is 0 Å². The van der Waals surface area contributed by atoms with Crippen molar-refractivity contribution in [1.29, 1.82) is 0 Å².